The minimum absolute atomic E-state index is 0.156. The summed E-state index contributed by atoms with van der Waals surface area (Å²) < 4.78 is 7.73. The number of nitrogens with zero attached hydrogens (tertiary/aromatic N) is 3. The minimum atomic E-state index is -0.156. The number of thiazole rings is 1. The summed E-state index contributed by atoms with van der Waals surface area (Å²) in [4.78, 5) is 13.5. The zero-order chi connectivity index (χ0) is 18.1. The number of para-hydroxylation sites is 1. The number of hydrogen-bond acceptors (Lipinski definition) is 5. The number of halogens is 1. The summed E-state index contributed by atoms with van der Waals surface area (Å²) >= 11 is 7.36. The fraction of sp³-hybridized carbons (Fsp3) is 0.105. The van der Waals surface area contributed by atoms with Gasteiger partial charge in [0.1, 0.15) is 5.75 Å². The van der Waals surface area contributed by atoms with Gasteiger partial charge >= 0.3 is 0 Å². The summed E-state index contributed by atoms with van der Waals surface area (Å²) in [6, 6.07) is 14.8. The standard InChI is InChI=1S/C19H14ClN3O2S/c1-2-25-15-9-4-3-6-12(15)11-16-18(24)23-17(21-22-19(23)26-16)13-7-5-8-14(20)10-13/h3-11H,2H2,1H3/b16-11-. The molecule has 0 saturated heterocycles. The third-order valence-electron chi connectivity index (χ3n) is 3.84. The van der Waals surface area contributed by atoms with Crippen molar-refractivity contribution in [2.45, 2.75) is 6.92 Å². The van der Waals surface area contributed by atoms with Crippen molar-refractivity contribution in [1.29, 1.82) is 0 Å². The lowest BCUT2D eigenvalue weighted by Crippen LogP contribution is -2.23. The van der Waals surface area contributed by atoms with Crippen LogP contribution in [0.5, 0.6) is 5.75 Å². The van der Waals surface area contributed by atoms with Crippen LogP contribution in [-0.2, 0) is 0 Å². The minimum Gasteiger partial charge on any atom is -0.493 e. The van der Waals surface area contributed by atoms with Crippen molar-refractivity contribution in [3.05, 3.63) is 74.0 Å². The van der Waals surface area contributed by atoms with E-state index in [2.05, 4.69) is 10.2 Å². The van der Waals surface area contributed by atoms with Crippen LogP contribution >= 0.6 is 22.9 Å². The quantitative estimate of drug-likeness (QED) is 0.542. The van der Waals surface area contributed by atoms with Crippen LogP contribution in [0.3, 0.4) is 0 Å². The van der Waals surface area contributed by atoms with Crippen molar-refractivity contribution < 1.29 is 4.74 Å². The average molecular weight is 384 g/mol. The Morgan fingerprint density at radius 1 is 1.19 bits per heavy atom. The number of aromatic nitrogens is 3. The summed E-state index contributed by atoms with van der Waals surface area (Å²) in [6.07, 6.45) is 1.83. The van der Waals surface area contributed by atoms with E-state index in [0.717, 1.165) is 16.9 Å². The molecule has 2 heterocycles. The van der Waals surface area contributed by atoms with Gasteiger partial charge < -0.3 is 4.74 Å². The first kappa shape index (κ1) is 16.8. The van der Waals surface area contributed by atoms with Crippen LogP contribution in [0.1, 0.15) is 12.5 Å². The van der Waals surface area contributed by atoms with E-state index in [1.807, 2.05) is 49.4 Å². The predicted molar refractivity (Wildman–Crippen MR) is 104 cm³/mol. The summed E-state index contributed by atoms with van der Waals surface area (Å²) in [5.41, 5.74) is 1.45. The van der Waals surface area contributed by atoms with Crippen molar-refractivity contribution >= 4 is 34.0 Å². The molecule has 0 aliphatic heterocycles. The Balaban J connectivity index is 1.89. The van der Waals surface area contributed by atoms with Crippen LogP contribution in [0.25, 0.3) is 22.4 Å². The molecule has 0 saturated carbocycles. The Morgan fingerprint density at radius 2 is 2.04 bits per heavy atom. The molecular weight excluding hydrogens is 370 g/mol. The van der Waals surface area contributed by atoms with Crippen LogP contribution in [-0.4, -0.2) is 21.2 Å². The van der Waals surface area contributed by atoms with Crippen molar-refractivity contribution in [1.82, 2.24) is 14.6 Å². The molecule has 0 unspecified atom stereocenters. The Labute approximate surface area is 158 Å². The van der Waals surface area contributed by atoms with Gasteiger partial charge in [-0.3, -0.25) is 4.79 Å². The van der Waals surface area contributed by atoms with E-state index in [0.29, 0.717) is 26.9 Å². The molecule has 7 heteroatoms. The zero-order valence-electron chi connectivity index (χ0n) is 13.8. The van der Waals surface area contributed by atoms with Gasteiger partial charge in [-0.05, 0) is 31.2 Å². The van der Waals surface area contributed by atoms with Crippen LogP contribution in [0.4, 0.5) is 0 Å². The first-order chi connectivity index (χ1) is 12.7. The Bertz CT molecular complexity index is 1200. The molecule has 0 amide bonds. The largest absolute Gasteiger partial charge is 0.493 e. The van der Waals surface area contributed by atoms with Crippen LogP contribution in [0.2, 0.25) is 5.02 Å². The van der Waals surface area contributed by atoms with Gasteiger partial charge in [-0.25, -0.2) is 4.40 Å². The Kier molecular flexibility index (Phi) is 4.44. The molecule has 4 aromatic rings. The molecular formula is C19H14ClN3O2S. The topological polar surface area (TPSA) is 56.5 Å². The second kappa shape index (κ2) is 6.90. The van der Waals surface area contributed by atoms with Gasteiger partial charge in [0.05, 0.1) is 11.1 Å². The Hall–Kier alpha value is -2.70. The average Bonchev–Trinajstić information content (AvgIpc) is 3.18. The first-order valence-electron chi connectivity index (χ1n) is 8.05. The highest BCUT2D eigenvalue weighted by molar-refractivity contribution is 7.15. The summed E-state index contributed by atoms with van der Waals surface area (Å²) in [7, 11) is 0. The van der Waals surface area contributed by atoms with Crippen molar-refractivity contribution in [3.63, 3.8) is 0 Å². The summed E-state index contributed by atoms with van der Waals surface area (Å²) in [5.74, 6) is 1.23. The maximum absolute atomic E-state index is 12.9. The number of benzene rings is 2. The van der Waals surface area contributed by atoms with E-state index < -0.39 is 0 Å². The smallest absolute Gasteiger partial charge is 0.276 e. The van der Waals surface area contributed by atoms with E-state index in [9.17, 15) is 4.79 Å². The summed E-state index contributed by atoms with van der Waals surface area (Å²) in [6.45, 7) is 2.49. The van der Waals surface area contributed by atoms with Gasteiger partial charge in [0.2, 0.25) is 4.96 Å². The van der Waals surface area contributed by atoms with E-state index in [4.69, 9.17) is 16.3 Å². The highest BCUT2D eigenvalue weighted by Gasteiger charge is 2.14. The number of ether oxygens (including phenoxy) is 1. The maximum Gasteiger partial charge on any atom is 0.276 e. The van der Waals surface area contributed by atoms with E-state index in [-0.39, 0.29) is 5.56 Å². The first-order valence-corrected chi connectivity index (χ1v) is 9.24. The SMILES string of the molecule is CCOc1ccccc1/C=c1\sc2nnc(-c3cccc(Cl)c3)n2c1=O. The molecule has 4 rings (SSSR count). The number of hydrogen-bond donors (Lipinski definition) is 0. The van der Waals surface area contributed by atoms with Crippen molar-refractivity contribution in [2.24, 2.45) is 0 Å². The molecule has 0 atom stereocenters. The fourth-order valence-corrected chi connectivity index (χ4v) is 3.80. The highest BCUT2D eigenvalue weighted by atomic mass is 35.5. The van der Waals surface area contributed by atoms with Gasteiger partial charge in [0, 0.05) is 16.1 Å². The number of rotatable bonds is 4. The lowest BCUT2D eigenvalue weighted by atomic mass is 10.2. The van der Waals surface area contributed by atoms with E-state index in [1.54, 1.807) is 12.1 Å². The molecule has 130 valence electrons. The Morgan fingerprint density at radius 3 is 2.85 bits per heavy atom. The van der Waals surface area contributed by atoms with Crippen molar-refractivity contribution in [3.8, 4) is 17.1 Å². The molecule has 0 N–H and O–H groups in total. The fourth-order valence-electron chi connectivity index (χ4n) is 2.71. The van der Waals surface area contributed by atoms with Crippen LogP contribution < -0.4 is 14.8 Å². The molecule has 0 radical (unpaired) electrons. The molecule has 2 aromatic carbocycles. The third kappa shape index (κ3) is 2.98. The maximum atomic E-state index is 12.9. The summed E-state index contributed by atoms with van der Waals surface area (Å²) in [5, 5.41) is 8.88. The molecule has 26 heavy (non-hydrogen) atoms. The van der Waals surface area contributed by atoms with Gasteiger partial charge in [0.15, 0.2) is 5.82 Å². The van der Waals surface area contributed by atoms with E-state index in [1.165, 1.54) is 15.7 Å². The van der Waals surface area contributed by atoms with Gasteiger partial charge in [0.25, 0.3) is 5.56 Å². The lowest BCUT2D eigenvalue weighted by Gasteiger charge is -2.05. The number of fused-ring (bicyclic) bond motifs is 1. The zero-order valence-corrected chi connectivity index (χ0v) is 15.4. The van der Waals surface area contributed by atoms with Gasteiger partial charge in [-0.15, -0.1) is 10.2 Å². The molecule has 5 nitrogen and oxygen atoms in total. The van der Waals surface area contributed by atoms with Gasteiger partial charge in [-0.1, -0.05) is 53.3 Å². The molecule has 0 aliphatic rings. The molecule has 0 bridgehead atoms. The second-order valence-electron chi connectivity index (χ2n) is 5.54. The highest BCUT2D eigenvalue weighted by Crippen LogP contribution is 2.22. The molecule has 0 spiro atoms. The van der Waals surface area contributed by atoms with Crippen LogP contribution in [0.15, 0.2) is 53.3 Å². The van der Waals surface area contributed by atoms with E-state index >= 15 is 0 Å². The second-order valence-corrected chi connectivity index (χ2v) is 6.98. The monoisotopic (exact) mass is 383 g/mol. The molecule has 0 fully saturated rings. The normalized spacial score (nSPS) is 12.0. The molecule has 2 aromatic heterocycles. The van der Waals surface area contributed by atoms with Crippen molar-refractivity contribution in [2.75, 3.05) is 6.61 Å². The predicted octanol–water partition coefficient (Wildman–Crippen LogP) is 3.42. The van der Waals surface area contributed by atoms with Crippen LogP contribution in [0, 0.1) is 0 Å². The lowest BCUT2D eigenvalue weighted by molar-refractivity contribution is 0.339. The molecule has 0 aliphatic carbocycles. The van der Waals surface area contributed by atoms with Gasteiger partial charge in [-0.2, -0.15) is 0 Å². The third-order valence-corrected chi connectivity index (χ3v) is 5.03.